The number of guanidine groups is 1. The normalized spacial score (nSPS) is 17.0. The van der Waals surface area contributed by atoms with Crippen molar-refractivity contribution in [1.29, 1.82) is 0 Å². The van der Waals surface area contributed by atoms with Crippen LogP contribution < -0.4 is 10.1 Å². The predicted octanol–water partition coefficient (Wildman–Crippen LogP) is 2.56. The number of para-hydroxylation sites is 1. The summed E-state index contributed by atoms with van der Waals surface area (Å²) >= 11 is 0. The zero-order chi connectivity index (χ0) is 19.1. The Morgan fingerprint density at radius 2 is 2.19 bits per heavy atom. The number of benzene rings is 1. The fraction of sp³-hybridized carbons (Fsp3) is 0.526. The molecule has 1 atom stereocenters. The van der Waals surface area contributed by atoms with Gasteiger partial charge < -0.3 is 15.0 Å². The van der Waals surface area contributed by atoms with Crippen LogP contribution in [0.5, 0.6) is 5.75 Å². The summed E-state index contributed by atoms with van der Waals surface area (Å²) < 4.78 is 19.4. The van der Waals surface area contributed by atoms with Crippen LogP contribution in [-0.2, 0) is 0 Å². The molecule has 1 saturated heterocycles. The van der Waals surface area contributed by atoms with Gasteiger partial charge in [0.15, 0.2) is 17.5 Å². The molecule has 0 aliphatic carbocycles. The Labute approximate surface area is 159 Å². The number of likely N-dealkylation sites (tertiary alicyclic amines) is 1. The molecule has 0 amide bonds. The van der Waals surface area contributed by atoms with Gasteiger partial charge in [0.1, 0.15) is 18.3 Å². The number of nitrogens with zero attached hydrogens (tertiary/aromatic N) is 4. The lowest BCUT2D eigenvalue weighted by atomic mass is 9.96. The molecule has 2 N–H and O–H groups in total. The number of nitrogens with one attached hydrogen (secondary N) is 2. The van der Waals surface area contributed by atoms with Crippen LogP contribution in [-0.4, -0.2) is 58.3 Å². The summed E-state index contributed by atoms with van der Waals surface area (Å²) in [6.07, 6.45) is 3.34. The summed E-state index contributed by atoms with van der Waals surface area (Å²) in [5, 5.41) is 10.3. The number of halogens is 1. The number of hydrogen-bond donors (Lipinski definition) is 2. The van der Waals surface area contributed by atoms with Crippen molar-refractivity contribution in [3.63, 3.8) is 0 Å². The third-order valence-corrected chi connectivity index (χ3v) is 4.61. The number of hydrogen-bond acceptors (Lipinski definition) is 4. The van der Waals surface area contributed by atoms with Gasteiger partial charge in [-0.15, -0.1) is 0 Å². The molecule has 7 nitrogen and oxygen atoms in total. The Morgan fingerprint density at radius 3 is 2.85 bits per heavy atom. The van der Waals surface area contributed by atoms with E-state index in [-0.39, 0.29) is 17.7 Å². The number of H-pyrrole nitrogens is 1. The van der Waals surface area contributed by atoms with Crippen molar-refractivity contribution in [2.24, 2.45) is 4.99 Å². The largest absolute Gasteiger partial charge is 0.486 e. The van der Waals surface area contributed by atoms with E-state index in [1.807, 2.05) is 6.92 Å². The van der Waals surface area contributed by atoms with Gasteiger partial charge >= 0.3 is 0 Å². The molecule has 1 fully saturated rings. The third kappa shape index (κ3) is 5.18. The minimum Gasteiger partial charge on any atom is -0.486 e. The Balaban J connectivity index is 1.55. The molecule has 1 aliphatic heterocycles. The summed E-state index contributed by atoms with van der Waals surface area (Å²) in [6, 6.07) is 6.44. The number of aromatic amines is 1. The second kappa shape index (κ2) is 9.34. The first-order valence-electron chi connectivity index (χ1n) is 9.47. The first-order chi connectivity index (χ1) is 13.2. The molecule has 1 aromatic heterocycles. The first-order valence-corrected chi connectivity index (χ1v) is 9.47. The number of aromatic nitrogens is 3. The van der Waals surface area contributed by atoms with E-state index in [4.69, 9.17) is 9.73 Å². The minimum atomic E-state index is -0.352. The van der Waals surface area contributed by atoms with E-state index in [0.717, 1.165) is 44.3 Å². The molecule has 0 spiro atoms. The molecule has 27 heavy (non-hydrogen) atoms. The predicted molar refractivity (Wildman–Crippen MR) is 102 cm³/mol. The second-order valence-electron chi connectivity index (χ2n) is 6.69. The van der Waals surface area contributed by atoms with Crippen LogP contribution in [0.3, 0.4) is 0 Å². The maximum absolute atomic E-state index is 13.7. The van der Waals surface area contributed by atoms with E-state index in [1.54, 1.807) is 24.5 Å². The number of aliphatic imine (C=N–C) groups is 1. The summed E-state index contributed by atoms with van der Waals surface area (Å²) in [7, 11) is 0. The smallest absolute Gasteiger partial charge is 0.194 e. The van der Waals surface area contributed by atoms with Gasteiger partial charge in [0.25, 0.3) is 0 Å². The molecule has 1 aliphatic rings. The molecule has 1 unspecified atom stereocenters. The van der Waals surface area contributed by atoms with E-state index >= 15 is 0 Å². The quantitative estimate of drug-likeness (QED) is 0.600. The van der Waals surface area contributed by atoms with Crippen molar-refractivity contribution >= 4 is 5.96 Å². The average Bonchev–Trinajstić information content (AvgIpc) is 3.22. The molecule has 0 saturated carbocycles. The molecular weight excluding hydrogens is 347 g/mol. The topological polar surface area (TPSA) is 78.4 Å². The van der Waals surface area contributed by atoms with Gasteiger partial charge in [0.05, 0.1) is 6.54 Å². The fourth-order valence-electron chi connectivity index (χ4n) is 3.21. The lowest BCUT2D eigenvalue weighted by Crippen LogP contribution is -2.45. The van der Waals surface area contributed by atoms with Gasteiger partial charge in [-0.25, -0.2) is 14.4 Å². The van der Waals surface area contributed by atoms with Crippen molar-refractivity contribution in [1.82, 2.24) is 25.4 Å². The van der Waals surface area contributed by atoms with E-state index in [9.17, 15) is 4.39 Å². The van der Waals surface area contributed by atoms with Crippen molar-refractivity contribution in [2.75, 3.05) is 26.2 Å². The summed E-state index contributed by atoms with van der Waals surface area (Å²) in [5.74, 6) is 2.16. The average molecular weight is 374 g/mol. The maximum Gasteiger partial charge on any atom is 0.194 e. The third-order valence-electron chi connectivity index (χ3n) is 4.61. The summed E-state index contributed by atoms with van der Waals surface area (Å²) in [4.78, 5) is 11.2. The first kappa shape index (κ1) is 19.1. The van der Waals surface area contributed by atoms with Crippen LogP contribution in [0.2, 0.25) is 0 Å². The summed E-state index contributed by atoms with van der Waals surface area (Å²) in [5.41, 5.74) is 0. The highest BCUT2D eigenvalue weighted by Crippen LogP contribution is 2.25. The van der Waals surface area contributed by atoms with E-state index in [0.29, 0.717) is 12.5 Å². The Kier molecular flexibility index (Phi) is 6.62. The molecule has 8 heteroatoms. The highest BCUT2D eigenvalue weighted by Gasteiger charge is 2.24. The monoisotopic (exact) mass is 374 g/mol. The van der Waals surface area contributed by atoms with Crippen LogP contribution in [0.1, 0.15) is 38.4 Å². The molecule has 1 aromatic carbocycles. The van der Waals surface area contributed by atoms with E-state index in [1.165, 1.54) is 6.07 Å². The molecule has 0 radical (unpaired) electrons. The second-order valence-corrected chi connectivity index (χ2v) is 6.69. The van der Waals surface area contributed by atoms with Gasteiger partial charge in [-0.3, -0.25) is 5.10 Å². The molecule has 2 heterocycles. The van der Waals surface area contributed by atoms with Crippen LogP contribution in [0.25, 0.3) is 0 Å². The molecule has 2 aromatic rings. The molecule has 146 valence electrons. The standard InChI is InChI=1S/C19H27FN6O/c1-3-21-19(22-12-14(2)27-17-7-5-4-6-16(17)20)26-10-8-15(9-11-26)18-23-13-24-25-18/h4-7,13-15H,3,8-12H2,1-2H3,(H,21,22)(H,23,24,25). The van der Waals surface area contributed by atoms with E-state index in [2.05, 4.69) is 32.3 Å². The van der Waals surface area contributed by atoms with Gasteiger partial charge in [-0.1, -0.05) is 12.1 Å². The molecule has 0 bridgehead atoms. The highest BCUT2D eigenvalue weighted by atomic mass is 19.1. The lowest BCUT2D eigenvalue weighted by molar-refractivity contribution is 0.218. The Morgan fingerprint density at radius 1 is 1.41 bits per heavy atom. The SMILES string of the molecule is CCNC(=NCC(C)Oc1ccccc1F)N1CCC(c2ncn[nH]2)CC1. The Bertz CT molecular complexity index is 728. The minimum absolute atomic E-state index is 0.220. The fourth-order valence-corrected chi connectivity index (χ4v) is 3.21. The van der Waals surface area contributed by atoms with Crippen LogP contribution in [0.15, 0.2) is 35.6 Å². The van der Waals surface area contributed by atoms with Crippen LogP contribution >= 0.6 is 0 Å². The molecular formula is C19H27FN6O. The van der Waals surface area contributed by atoms with Crippen molar-refractivity contribution < 1.29 is 9.13 Å². The zero-order valence-electron chi connectivity index (χ0n) is 15.9. The summed E-state index contributed by atoms with van der Waals surface area (Å²) in [6.45, 7) is 7.01. The zero-order valence-corrected chi connectivity index (χ0v) is 15.9. The number of ether oxygens (including phenoxy) is 1. The van der Waals surface area contributed by atoms with Gasteiger partial charge in [-0.05, 0) is 38.8 Å². The number of piperidine rings is 1. The highest BCUT2D eigenvalue weighted by molar-refractivity contribution is 5.80. The Hall–Kier alpha value is -2.64. The van der Waals surface area contributed by atoms with E-state index < -0.39 is 0 Å². The van der Waals surface area contributed by atoms with Crippen LogP contribution in [0, 0.1) is 5.82 Å². The van der Waals surface area contributed by atoms with Crippen LogP contribution in [0.4, 0.5) is 4.39 Å². The molecule has 3 rings (SSSR count). The van der Waals surface area contributed by atoms with Gasteiger partial charge in [0, 0.05) is 25.6 Å². The number of rotatable bonds is 6. The van der Waals surface area contributed by atoms with Crippen molar-refractivity contribution in [3.8, 4) is 5.75 Å². The lowest BCUT2D eigenvalue weighted by Gasteiger charge is -2.33. The van der Waals surface area contributed by atoms with Gasteiger partial charge in [0.2, 0.25) is 0 Å². The van der Waals surface area contributed by atoms with Crippen molar-refractivity contribution in [3.05, 3.63) is 42.2 Å². The van der Waals surface area contributed by atoms with Crippen molar-refractivity contribution in [2.45, 2.75) is 38.7 Å². The maximum atomic E-state index is 13.7. The van der Waals surface area contributed by atoms with Gasteiger partial charge in [-0.2, -0.15) is 5.10 Å².